The highest BCUT2D eigenvalue weighted by Gasteiger charge is 2.35. The Hall–Kier alpha value is 0.570. The van der Waals surface area contributed by atoms with Crippen LogP contribution < -0.4 is 4.89 Å². The lowest BCUT2D eigenvalue weighted by Gasteiger charge is -1.96. The van der Waals surface area contributed by atoms with Crippen LogP contribution in [0.3, 0.4) is 0 Å². The summed E-state index contributed by atoms with van der Waals surface area (Å²) in [6.45, 7) is 0. The molecule has 0 aromatic heterocycles. The minimum Gasteiger partial charge on any atom is -0.625 e. The molecule has 0 aromatic carbocycles. The molecule has 1 nitrogen and oxygen atoms in total. The Kier molecular flexibility index (Phi) is 0.820. The van der Waals surface area contributed by atoms with Gasteiger partial charge in [-0.1, -0.05) is 0 Å². The summed E-state index contributed by atoms with van der Waals surface area (Å²) in [5.74, 6) is 0. The molecular weight excluding hydrogens is 147 g/mol. The van der Waals surface area contributed by atoms with E-state index in [1.54, 1.807) is 21.6 Å². The predicted molar refractivity (Wildman–Crippen MR) is 35.2 cm³/mol. The van der Waals surface area contributed by atoms with Gasteiger partial charge in [0, 0.05) is 0 Å². The molecule has 7 heavy (non-hydrogen) atoms. The van der Waals surface area contributed by atoms with E-state index in [2.05, 4.69) is 0 Å². The fourth-order valence-electron chi connectivity index (χ4n) is 0.467. The van der Waals surface area contributed by atoms with E-state index in [0.29, 0.717) is 0 Å². The molecule has 0 spiro atoms. The van der Waals surface area contributed by atoms with E-state index < -0.39 is 7.77 Å². The molecule has 0 saturated heterocycles. The van der Waals surface area contributed by atoms with Crippen LogP contribution >= 0.6 is 29.4 Å². The minimum absolute atomic E-state index is 0.975. The Morgan fingerprint density at radius 3 is 2.57 bits per heavy atom. The van der Waals surface area contributed by atoms with Crippen molar-refractivity contribution in [2.75, 3.05) is 0 Å². The molecule has 3 aliphatic rings. The number of fused-ring (bicyclic) bond motifs is 1. The van der Waals surface area contributed by atoms with Gasteiger partial charge in [-0.3, -0.25) is 0 Å². The van der Waals surface area contributed by atoms with Gasteiger partial charge in [0.05, 0.1) is 6.08 Å². The lowest BCUT2D eigenvalue weighted by molar-refractivity contribution is -0.150. The first kappa shape index (κ1) is 4.45. The van der Waals surface area contributed by atoms with Gasteiger partial charge >= 0.3 is 0 Å². The van der Waals surface area contributed by atoms with Crippen LogP contribution in [0.1, 0.15) is 0 Å². The van der Waals surface area contributed by atoms with Gasteiger partial charge in [0.1, 0.15) is 7.77 Å². The van der Waals surface area contributed by atoms with Crippen molar-refractivity contribution < 1.29 is 4.89 Å². The third-order valence-corrected chi connectivity index (χ3v) is 6.19. The second kappa shape index (κ2) is 1.29. The molecule has 0 fully saturated rings. The van der Waals surface area contributed by atoms with Crippen LogP contribution in [0.5, 0.6) is 0 Å². The van der Waals surface area contributed by atoms with Gasteiger partial charge in [-0.25, -0.2) is 0 Å². The molecule has 4 heteroatoms. The zero-order valence-electron chi connectivity index (χ0n) is 3.25. The number of rotatable bonds is 0. The third-order valence-electron chi connectivity index (χ3n) is 0.860. The van der Waals surface area contributed by atoms with Crippen molar-refractivity contribution in [2.24, 2.45) is 0 Å². The smallest absolute Gasteiger partial charge is 0.195 e. The van der Waals surface area contributed by atoms with Gasteiger partial charge in [0.15, 0.2) is 9.27 Å². The van der Waals surface area contributed by atoms with Crippen molar-refractivity contribution in [1.29, 1.82) is 0 Å². The van der Waals surface area contributed by atoms with E-state index in [4.69, 9.17) is 0 Å². The lowest BCUT2D eigenvalue weighted by atomic mass is 10.7. The molecule has 3 heterocycles. The second-order valence-electron chi connectivity index (χ2n) is 1.28. The van der Waals surface area contributed by atoms with Crippen LogP contribution in [0, 0.1) is 0 Å². The summed E-state index contributed by atoms with van der Waals surface area (Å²) in [4.78, 5) is 10.6. The molecule has 1 unspecified atom stereocenters. The zero-order valence-corrected chi connectivity index (χ0v) is 5.78. The molecular formula is C3HOPS2. The summed E-state index contributed by atoms with van der Waals surface area (Å²) in [6.07, 6.45) is 1.99. The van der Waals surface area contributed by atoms with Crippen LogP contribution in [0.25, 0.3) is 0 Å². The SMILES string of the molecule is [O-][P+]1=C2C=C1SS2. The summed E-state index contributed by atoms with van der Waals surface area (Å²) in [7, 11) is 2.30. The van der Waals surface area contributed by atoms with Crippen LogP contribution in [-0.4, -0.2) is 4.63 Å². The zero-order chi connectivity index (χ0) is 4.85. The molecule has 0 N–H and O–H groups in total. The fourth-order valence-corrected chi connectivity index (χ4v) is 5.72. The first-order valence-corrected chi connectivity index (χ1v) is 5.19. The van der Waals surface area contributed by atoms with Gasteiger partial charge < -0.3 is 4.89 Å². The van der Waals surface area contributed by atoms with Crippen molar-refractivity contribution in [3.8, 4) is 0 Å². The number of hydrogen-bond donors (Lipinski definition) is 0. The van der Waals surface area contributed by atoms with Gasteiger partial charge in [-0.05, 0) is 21.6 Å². The Morgan fingerprint density at radius 1 is 1.57 bits per heavy atom. The molecule has 0 saturated carbocycles. The normalized spacial score (nSPS) is 30.1. The first-order chi connectivity index (χ1) is 3.38. The Morgan fingerprint density at radius 2 is 2.43 bits per heavy atom. The summed E-state index contributed by atoms with van der Waals surface area (Å²) >= 11 is 0. The van der Waals surface area contributed by atoms with E-state index in [9.17, 15) is 4.89 Å². The molecule has 1 atom stereocenters. The number of hydrogen-bond acceptors (Lipinski definition) is 3. The second-order valence-corrected chi connectivity index (χ2v) is 5.65. The van der Waals surface area contributed by atoms with Gasteiger partial charge in [0.25, 0.3) is 0 Å². The largest absolute Gasteiger partial charge is 0.625 e. The maximum absolute atomic E-state index is 10.6. The molecule has 0 aliphatic carbocycles. The quantitative estimate of drug-likeness (QED) is 0.380. The van der Waals surface area contributed by atoms with Crippen molar-refractivity contribution in [3.63, 3.8) is 0 Å². The highest BCUT2D eigenvalue weighted by Crippen LogP contribution is 2.61. The monoisotopic (exact) mass is 148 g/mol. The van der Waals surface area contributed by atoms with Crippen molar-refractivity contribution in [1.82, 2.24) is 0 Å². The fraction of sp³-hybridized carbons (Fsp3) is 0. The van der Waals surface area contributed by atoms with E-state index in [-0.39, 0.29) is 0 Å². The van der Waals surface area contributed by atoms with Gasteiger partial charge in [-0.15, -0.1) is 0 Å². The predicted octanol–water partition coefficient (Wildman–Crippen LogP) is 1.12. The van der Waals surface area contributed by atoms with E-state index in [1.807, 2.05) is 6.08 Å². The van der Waals surface area contributed by atoms with Crippen LogP contribution in [0.2, 0.25) is 0 Å². The third kappa shape index (κ3) is 0.444. The van der Waals surface area contributed by atoms with Crippen molar-refractivity contribution in [3.05, 3.63) is 10.7 Å². The Bertz CT molecular complexity index is 183. The molecule has 2 bridgehead atoms. The molecule has 0 amide bonds. The van der Waals surface area contributed by atoms with E-state index in [1.165, 1.54) is 0 Å². The van der Waals surface area contributed by atoms with Gasteiger partial charge in [-0.2, -0.15) is 0 Å². The average Bonchev–Trinajstić information content (AvgIpc) is 2.18. The van der Waals surface area contributed by atoms with Crippen molar-refractivity contribution >= 4 is 34.0 Å². The average molecular weight is 148 g/mol. The first-order valence-electron chi connectivity index (χ1n) is 1.78. The topological polar surface area (TPSA) is 23.1 Å². The lowest BCUT2D eigenvalue weighted by Crippen LogP contribution is -1.97. The highest BCUT2D eigenvalue weighted by atomic mass is 33.1. The van der Waals surface area contributed by atoms with E-state index >= 15 is 0 Å². The summed E-state index contributed by atoms with van der Waals surface area (Å²) in [6, 6.07) is 0. The van der Waals surface area contributed by atoms with Crippen LogP contribution in [-0.2, 0) is 0 Å². The van der Waals surface area contributed by atoms with Crippen molar-refractivity contribution in [2.45, 2.75) is 0 Å². The summed E-state index contributed by atoms with van der Waals surface area (Å²) in [5, 5.41) is 0. The summed E-state index contributed by atoms with van der Waals surface area (Å²) < 4.78 is 2.16. The molecule has 0 aromatic rings. The van der Waals surface area contributed by atoms with Gasteiger partial charge in [0.2, 0.25) is 0 Å². The maximum Gasteiger partial charge on any atom is 0.195 e. The van der Waals surface area contributed by atoms with Crippen LogP contribution in [0.4, 0.5) is 0 Å². The standard InChI is InChI=1S/C3HOPS2/c4-5-2-1-3(5)7-6-2/h1H. The molecule has 0 radical (unpaired) electrons. The summed E-state index contributed by atoms with van der Waals surface area (Å²) in [5.41, 5.74) is 0. The Labute approximate surface area is 50.1 Å². The highest BCUT2D eigenvalue weighted by molar-refractivity contribution is 8.88. The Balaban J connectivity index is 2.47. The van der Waals surface area contributed by atoms with E-state index in [0.717, 1.165) is 9.27 Å². The molecule has 36 valence electrons. The maximum atomic E-state index is 10.6. The minimum atomic E-state index is -0.975. The molecule has 3 aliphatic heterocycles. The molecule has 3 rings (SSSR count). The van der Waals surface area contributed by atoms with Crippen LogP contribution in [0.15, 0.2) is 10.7 Å².